The van der Waals surface area contributed by atoms with E-state index < -0.39 is 88.1 Å². The second kappa shape index (κ2) is 14.0. The molecule has 51 heavy (non-hydrogen) atoms. The molecule has 3 aromatic rings. The maximum absolute atomic E-state index is 14.8. The number of aromatic nitrogens is 2. The number of benzene rings is 2. The van der Waals surface area contributed by atoms with Gasteiger partial charge in [-0.1, -0.05) is 29.8 Å². The SMILES string of the molecule is CSCC(C)N(C(=O)c1c(Cl)cccc1C(N)=O)c1ccc(Cn2nc(C(F)(F)C(F)(F)C(F)(F)F)cc2C(F)(F)C(F)(F)C(F)(F)F)cc1C. The van der Waals surface area contributed by atoms with Gasteiger partial charge < -0.3 is 10.6 Å². The lowest BCUT2D eigenvalue weighted by molar-refractivity contribution is -0.361. The second-order valence-corrected chi connectivity index (χ2v) is 12.3. The van der Waals surface area contributed by atoms with Crippen LogP contribution in [0.5, 0.6) is 0 Å². The van der Waals surface area contributed by atoms with Crippen LogP contribution >= 0.6 is 23.4 Å². The van der Waals surface area contributed by atoms with Crippen LogP contribution in [0.25, 0.3) is 0 Å². The number of anilines is 1. The minimum absolute atomic E-state index is 0.00676. The normalized spacial score (nSPS) is 14.1. The highest BCUT2D eigenvalue weighted by atomic mass is 35.5. The van der Waals surface area contributed by atoms with Crippen LogP contribution < -0.4 is 10.6 Å². The number of halogens is 15. The zero-order chi connectivity index (χ0) is 39.3. The van der Waals surface area contributed by atoms with Crippen LogP contribution in [-0.4, -0.2) is 63.8 Å². The van der Waals surface area contributed by atoms with Crippen molar-refractivity contribution in [2.45, 2.75) is 62.5 Å². The van der Waals surface area contributed by atoms with E-state index in [0.717, 1.165) is 23.1 Å². The minimum Gasteiger partial charge on any atom is -0.366 e. The largest absolute Gasteiger partial charge is 0.460 e. The Balaban J connectivity index is 2.23. The molecule has 1 heterocycles. The minimum atomic E-state index is -7.07. The first-order chi connectivity index (χ1) is 23.1. The Morgan fingerprint density at radius 1 is 0.882 bits per heavy atom. The summed E-state index contributed by atoms with van der Waals surface area (Å²) in [6.45, 7) is 1.37. The molecule has 2 amide bonds. The van der Waals surface area contributed by atoms with E-state index in [0.29, 0.717) is 0 Å². The van der Waals surface area contributed by atoms with Gasteiger partial charge in [0.15, 0.2) is 0 Å². The van der Waals surface area contributed by atoms with Crippen LogP contribution in [-0.2, 0) is 18.4 Å². The maximum atomic E-state index is 14.8. The number of primary amides is 1. The number of carbonyl (C=O) groups excluding carboxylic acids is 2. The summed E-state index contributed by atoms with van der Waals surface area (Å²) in [5.41, 5.74) is -1.29. The summed E-state index contributed by atoms with van der Waals surface area (Å²) >= 11 is 7.48. The van der Waals surface area contributed by atoms with Crippen LogP contribution in [0.1, 0.15) is 50.2 Å². The van der Waals surface area contributed by atoms with Gasteiger partial charge in [0.25, 0.3) is 5.91 Å². The first-order valence-corrected chi connectivity index (χ1v) is 15.6. The van der Waals surface area contributed by atoms with E-state index in [-0.39, 0.29) is 33.2 Å². The van der Waals surface area contributed by atoms with E-state index in [1.807, 2.05) is 0 Å². The predicted molar refractivity (Wildman–Crippen MR) is 157 cm³/mol. The molecule has 0 spiro atoms. The summed E-state index contributed by atoms with van der Waals surface area (Å²) in [5, 5.41) is 2.35. The number of rotatable bonds is 12. The molecule has 1 aromatic heterocycles. The fourth-order valence-electron chi connectivity index (χ4n) is 4.81. The summed E-state index contributed by atoms with van der Waals surface area (Å²) in [6.07, 6.45) is -12.5. The molecule has 3 rings (SSSR count). The molecule has 0 saturated carbocycles. The smallest absolute Gasteiger partial charge is 0.366 e. The Kier molecular flexibility index (Phi) is 11.4. The lowest BCUT2D eigenvalue weighted by Crippen LogP contribution is -2.51. The molecule has 0 radical (unpaired) electrons. The van der Waals surface area contributed by atoms with Crippen LogP contribution in [0.15, 0.2) is 42.5 Å². The van der Waals surface area contributed by atoms with E-state index in [1.165, 1.54) is 36.9 Å². The van der Waals surface area contributed by atoms with Gasteiger partial charge in [-0.05, 0) is 55.5 Å². The Morgan fingerprint density at radius 2 is 1.43 bits per heavy atom. The molecule has 22 heteroatoms. The summed E-state index contributed by atoms with van der Waals surface area (Å²) in [7, 11) is 0. The molecule has 1 atom stereocenters. The summed E-state index contributed by atoms with van der Waals surface area (Å²) in [5.74, 6) is -28.9. The Morgan fingerprint density at radius 3 is 1.92 bits per heavy atom. The monoisotopic (exact) mass is 792 g/mol. The van der Waals surface area contributed by atoms with Crippen molar-refractivity contribution < 1.29 is 71.1 Å². The zero-order valence-electron chi connectivity index (χ0n) is 25.8. The molecule has 2 N–H and O–H groups in total. The topological polar surface area (TPSA) is 81.2 Å². The van der Waals surface area contributed by atoms with E-state index in [1.54, 1.807) is 13.2 Å². The summed E-state index contributed by atoms with van der Waals surface area (Å²) in [4.78, 5) is 27.1. The number of carbonyl (C=O) groups is 2. The third-order valence-corrected chi connectivity index (χ3v) is 8.47. The quantitative estimate of drug-likeness (QED) is 0.186. The third kappa shape index (κ3) is 7.45. The van der Waals surface area contributed by atoms with Crippen LogP contribution in [0.4, 0.5) is 67.2 Å². The molecule has 0 bridgehead atoms. The molecular formula is C29H23ClF14N4O2S. The molecule has 6 nitrogen and oxygen atoms in total. The molecule has 0 fully saturated rings. The molecule has 0 aliphatic heterocycles. The van der Waals surface area contributed by atoms with E-state index in [2.05, 4.69) is 5.10 Å². The number of nitrogens with zero attached hydrogens (tertiary/aromatic N) is 3. The number of amides is 2. The van der Waals surface area contributed by atoms with E-state index >= 15 is 0 Å². The van der Waals surface area contributed by atoms with Crippen LogP contribution in [0.3, 0.4) is 0 Å². The highest BCUT2D eigenvalue weighted by molar-refractivity contribution is 7.98. The molecule has 0 aliphatic carbocycles. The fraction of sp³-hybridized carbons (Fsp3) is 0.414. The molecular weight excluding hydrogens is 770 g/mol. The van der Waals surface area contributed by atoms with E-state index in [4.69, 9.17) is 17.3 Å². The van der Waals surface area contributed by atoms with Gasteiger partial charge in [-0.3, -0.25) is 14.3 Å². The number of thioether (sulfide) groups is 1. The summed E-state index contributed by atoms with van der Waals surface area (Å²) < 4.78 is 191. The second-order valence-electron chi connectivity index (χ2n) is 11.0. The van der Waals surface area contributed by atoms with Gasteiger partial charge in [-0.2, -0.15) is 78.3 Å². The number of aryl methyl sites for hydroxylation is 1. The van der Waals surface area contributed by atoms with Crippen LogP contribution in [0, 0.1) is 6.92 Å². The molecule has 282 valence electrons. The molecule has 0 saturated heterocycles. The summed E-state index contributed by atoms with van der Waals surface area (Å²) in [6, 6.07) is 4.99. The highest BCUT2D eigenvalue weighted by Crippen LogP contribution is 2.55. The third-order valence-electron chi connectivity index (χ3n) is 7.34. The van der Waals surface area contributed by atoms with Gasteiger partial charge >= 0.3 is 36.0 Å². The Labute approximate surface area is 287 Å². The predicted octanol–water partition coefficient (Wildman–Crippen LogP) is 8.97. The van der Waals surface area contributed by atoms with E-state index in [9.17, 15) is 71.1 Å². The van der Waals surface area contributed by atoms with Gasteiger partial charge in [0.2, 0.25) is 5.91 Å². The first kappa shape index (κ1) is 41.7. The highest BCUT2D eigenvalue weighted by Gasteiger charge is 2.77. The van der Waals surface area contributed by atoms with Crippen molar-refractivity contribution in [3.8, 4) is 0 Å². The van der Waals surface area contributed by atoms with Gasteiger partial charge in [0, 0.05) is 17.5 Å². The van der Waals surface area contributed by atoms with Crippen molar-refractivity contribution in [1.82, 2.24) is 9.78 Å². The van der Waals surface area contributed by atoms with Crippen molar-refractivity contribution in [1.29, 1.82) is 0 Å². The van der Waals surface area contributed by atoms with Crippen molar-refractivity contribution in [3.05, 3.63) is 81.1 Å². The van der Waals surface area contributed by atoms with Gasteiger partial charge in [-0.15, -0.1) is 0 Å². The lowest BCUT2D eigenvalue weighted by Gasteiger charge is -2.31. The number of hydrogen-bond donors (Lipinski definition) is 1. The van der Waals surface area contributed by atoms with Crippen molar-refractivity contribution in [3.63, 3.8) is 0 Å². The maximum Gasteiger partial charge on any atom is 0.460 e. The molecule has 1 unspecified atom stereocenters. The number of hydrogen-bond acceptors (Lipinski definition) is 4. The average Bonchev–Trinajstić information content (AvgIpc) is 3.42. The first-order valence-electron chi connectivity index (χ1n) is 13.8. The van der Waals surface area contributed by atoms with Crippen molar-refractivity contribution >= 4 is 40.9 Å². The van der Waals surface area contributed by atoms with Gasteiger partial charge in [0.1, 0.15) is 11.4 Å². The van der Waals surface area contributed by atoms with Crippen molar-refractivity contribution in [2.24, 2.45) is 5.73 Å². The number of alkyl halides is 14. The van der Waals surface area contributed by atoms with Gasteiger partial charge in [0.05, 0.1) is 22.7 Å². The van der Waals surface area contributed by atoms with Crippen LogP contribution in [0.2, 0.25) is 5.02 Å². The Hall–Kier alpha value is -3.75. The zero-order valence-corrected chi connectivity index (χ0v) is 27.4. The van der Waals surface area contributed by atoms with Gasteiger partial charge in [-0.25, -0.2) is 0 Å². The standard InChI is InChI=1S/C29H23ClF14N4O2S/c1-13-9-15(7-8-18(13)48(14(2)12-51-3)23(50)21-16(22(45)49)5-4-6-17(21)30)11-47-20(25(33,34)27(37,38)29(42,43)44)10-19(46-47)24(31,32)26(35,36)28(39,40)41/h4-10,14H,11-12H2,1-3H3,(H2,45,49). The van der Waals surface area contributed by atoms with Crippen molar-refractivity contribution in [2.75, 3.05) is 16.9 Å². The number of nitrogens with two attached hydrogens (primary N) is 1. The fourth-order valence-corrected chi connectivity index (χ4v) is 5.70. The Bertz CT molecular complexity index is 1790. The molecule has 2 aromatic carbocycles. The average molecular weight is 793 g/mol. The molecule has 0 aliphatic rings. The lowest BCUT2D eigenvalue weighted by atomic mass is 10.0.